The number of rotatable bonds is 2. The van der Waals surface area contributed by atoms with Crippen molar-refractivity contribution in [3.05, 3.63) is 35.5 Å². The zero-order valence-electron chi connectivity index (χ0n) is 13.2. The van der Waals surface area contributed by atoms with Gasteiger partial charge in [-0.1, -0.05) is 18.2 Å². The summed E-state index contributed by atoms with van der Waals surface area (Å²) in [6.07, 6.45) is 2.48. The summed E-state index contributed by atoms with van der Waals surface area (Å²) in [5.74, 6) is -0.0167. The lowest BCUT2D eigenvalue weighted by atomic mass is 9.83. The fourth-order valence-corrected chi connectivity index (χ4v) is 4.10. The zero-order valence-corrected chi connectivity index (χ0v) is 13.2. The highest BCUT2D eigenvalue weighted by atomic mass is 16.5. The first-order chi connectivity index (χ1) is 11.2. The Kier molecular flexibility index (Phi) is 3.36. The molecule has 0 bridgehead atoms. The molecule has 4 rings (SSSR count). The van der Waals surface area contributed by atoms with E-state index in [9.17, 15) is 9.59 Å². The molecule has 0 radical (unpaired) electrons. The monoisotopic (exact) mass is 312 g/mol. The predicted octanol–water partition coefficient (Wildman–Crippen LogP) is 2.57. The number of carbonyl (C=O) groups is 2. The molecule has 23 heavy (non-hydrogen) atoms. The number of aromatic nitrogens is 1. The molecule has 1 amide bonds. The van der Waals surface area contributed by atoms with E-state index in [0.29, 0.717) is 12.8 Å². The van der Waals surface area contributed by atoms with E-state index in [2.05, 4.69) is 23.2 Å². The van der Waals surface area contributed by atoms with Gasteiger partial charge in [-0.15, -0.1) is 0 Å². The van der Waals surface area contributed by atoms with E-state index in [0.717, 1.165) is 30.6 Å². The maximum atomic E-state index is 12.5. The number of carbonyl (C=O) groups excluding carboxylic acids is 2. The summed E-state index contributed by atoms with van der Waals surface area (Å²) >= 11 is 0. The number of hydrogen-bond donors (Lipinski definition) is 1. The summed E-state index contributed by atoms with van der Waals surface area (Å²) in [6, 6.07) is 8.34. The van der Waals surface area contributed by atoms with Crippen LogP contribution in [0.3, 0.4) is 0 Å². The summed E-state index contributed by atoms with van der Waals surface area (Å²) < 4.78 is 4.77. The van der Waals surface area contributed by atoms with E-state index < -0.39 is 0 Å². The van der Waals surface area contributed by atoms with Crippen LogP contribution in [0.1, 0.15) is 36.6 Å². The van der Waals surface area contributed by atoms with Crippen molar-refractivity contribution in [2.75, 3.05) is 13.7 Å². The number of esters is 1. The highest BCUT2D eigenvalue weighted by Crippen LogP contribution is 2.42. The number of piperidine rings is 1. The quantitative estimate of drug-likeness (QED) is 0.867. The minimum Gasteiger partial charge on any atom is -0.469 e. The third kappa shape index (κ3) is 2.31. The average molecular weight is 312 g/mol. The fourth-order valence-electron chi connectivity index (χ4n) is 4.10. The second-order valence-electron chi connectivity index (χ2n) is 6.50. The summed E-state index contributed by atoms with van der Waals surface area (Å²) in [4.78, 5) is 29.6. The minimum absolute atomic E-state index is 0.0575. The Morgan fingerprint density at radius 1 is 1.39 bits per heavy atom. The van der Waals surface area contributed by atoms with E-state index in [4.69, 9.17) is 4.74 Å². The van der Waals surface area contributed by atoms with Crippen LogP contribution in [0, 0.1) is 5.92 Å². The van der Waals surface area contributed by atoms with Crippen LogP contribution in [0.2, 0.25) is 0 Å². The van der Waals surface area contributed by atoms with Gasteiger partial charge < -0.3 is 14.6 Å². The summed E-state index contributed by atoms with van der Waals surface area (Å²) in [7, 11) is 1.40. The van der Waals surface area contributed by atoms with Crippen molar-refractivity contribution < 1.29 is 14.3 Å². The molecule has 1 aromatic carbocycles. The first-order valence-corrected chi connectivity index (χ1v) is 8.13. The van der Waals surface area contributed by atoms with Crippen molar-refractivity contribution in [1.82, 2.24) is 9.88 Å². The first kappa shape index (κ1) is 14.3. The highest BCUT2D eigenvalue weighted by Gasteiger charge is 2.39. The molecule has 1 aromatic heterocycles. The molecule has 2 aliphatic heterocycles. The van der Waals surface area contributed by atoms with Gasteiger partial charge in [0.05, 0.1) is 13.2 Å². The molecule has 0 saturated carbocycles. The van der Waals surface area contributed by atoms with Crippen LogP contribution in [0.4, 0.5) is 0 Å². The Balaban J connectivity index is 1.70. The maximum absolute atomic E-state index is 12.5. The first-order valence-electron chi connectivity index (χ1n) is 8.13. The van der Waals surface area contributed by atoms with Crippen LogP contribution >= 0.6 is 0 Å². The van der Waals surface area contributed by atoms with Crippen LogP contribution in [-0.2, 0) is 20.7 Å². The van der Waals surface area contributed by atoms with Gasteiger partial charge in [0.15, 0.2) is 0 Å². The SMILES string of the molecule is COC(=O)C[C@H]1CC(=O)N2CCc3c([nH]c4ccccc34)[C@H]2C1. The molecule has 5 nitrogen and oxygen atoms in total. The van der Waals surface area contributed by atoms with Gasteiger partial charge in [-0.25, -0.2) is 0 Å². The average Bonchev–Trinajstić information content (AvgIpc) is 2.94. The second-order valence-corrected chi connectivity index (χ2v) is 6.50. The van der Waals surface area contributed by atoms with Gasteiger partial charge in [-0.05, 0) is 30.4 Å². The van der Waals surface area contributed by atoms with Crippen LogP contribution in [0.5, 0.6) is 0 Å². The van der Waals surface area contributed by atoms with Gasteiger partial charge in [-0.2, -0.15) is 0 Å². The number of nitrogens with one attached hydrogen (secondary N) is 1. The normalized spacial score (nSPS) is 23.5. The van der Waals surface area contributed by atoms with E-state index >= 15 is 0 Å². The number of H-pyrrole nitrogens is 1. The number of hydrogen-bond acceptors (Lipinski definition) is 3. The van der Waals surface area contributed by atoms with Crippen LogP contribution in [0.25, 0.3) is 10.9 Å². The Morgan fingerprint density at radius 2 is 2.22 bits per heavy atom. The number of benzene rings is 1. The summed E-state index contributed by atoms with van der Waals surface area (Å²) in [6.45, 7) is 0.767. The van der Waals surface area contributed by atoms with E-state index in [1.807, 2.05) is 11.0 Å². The Morgan fingerprint density at radius 3 is 3.04 bits per heavy atom. The Hall–Kier alpha value is -2.30. The molecule has 2 atom stereocenters. The van der Waals surface area contributed by atoms with Crippen molar-refractivity contribution in [3.8, 4) is 0 Å². The van der Waals surface area contributed by atoms with Gasteiger partial charge in [-0.3, -0.25) is 9.59 Å². The summed E-state index contributed by atoms with van der Waals surface area (Å²) in [5, 5.41) is 1.25. The van der Waals surface area contributed by atoms with Crippen molar-refractivity contribution in [1.29, 1.82) is 0 Å². The van der Waals surface area contributed by atoms with Crippen LogP contribution in [0.15, 0.2) is 24.3 Å². The molecule has 2 aliphatic rings. The molecular formula is C18H20N2O3. The molecule has 0 spiro atoms. The lowest BCUT2D eigenvalue weighted by Crippen LogP contribution is -2.45. The fraction of sp³-hybridized carbons (Fsp3) is 0.444. The number of ether oxygens (including phenoxy) is 1. The Bertz CT molecular complexity index is 780. The van der Waals surface area contributed by atoms with Crippen LogP contribution in [-0.4, -0.2) is 35.4 Å². The third-order valence-corrected chi connectivity index (χ3v) is 5.18. The molecule has 1 fully saturated rings. The molecule has 1 saturated heterocycles. The molecule has 5 heteroatoms. The number of amides is 1. The van der Waals surface area contributed by atoms with Gasteiger partial charge in [0.1, 0.15) is 0 Å². The maximum Gasteiger partial charge on any atom is 0.305 e. The van der Waals surface area contributed by atoms with Gasteiger partial charge in [0, 0.05) is 36.0 Å². The molecular weight excluding hydrogens is 292 g/mol. The number of para-hydroxylation sites is 1. The lowest BCUT2D eigenvalue weighted by molar-refractivity contribution is -0.145. The summed E-state index contributed by atoms with van der Waals surface area (Å²) in [5.41, 5.74) is 3.61. The molecule has 3 heterocycles. The zero-order chi connectivity index (χ0) is 16.0. The lowest BCUT2D eigenvalue weighted by Gasteiger charge is -2.42. The second kappa shape index (κ2) is 5.41. The number of methoxy groups -OCH3 is 1. The molecule has 1 N–H and O–H groups in total. The number of aromatic amines is 1. The largest absolute Gasteiger partial charge is 0.469 e. The van der Waals surface area contributed by atoms with E-state index in [1.54, 1.807) is 0 Å². The van der Waals surface area contributed by atoms with Crippen molar-refractivity contribution in [2.45, 2.75) is 31.7 Å². The van der Waals surface area contributed by atoms with Crippen molar-refractivity contribution >= 4 is 22.8 Å². The van der Waals surface area contributed by atoms with Gasteiger partial charge in [0.2, 0.25) is 5.91 Å². The Labute approximate surface area is 134 Å². The molecule has 2 aromatic rings. The van der Waals surface area contributed by atoms with E-state index in [1.165, 1.54) is 18.1 Å². The number of nitrogens with zero attached hydrogens (tertiary/aromatic N) is 1. The molecule has 0 unspecified atom stereocenters. The minimum atomic E-state index is -0.232. The highest BCUT2D eigenvalue weighted by molar-refractivity contribution is 5.86. The molecule has 120 valence electrons. The van der Waals surface area contributed by atoms with Gasteiger partial charge in [0.25, 0.3) is 0 Å². The molecule has 0 aliphatic carbocycles. The van der Waals surface area contributed by atoms with Crippen molar-refractivity contribution in [3.63, 3.8) is 0 Å². The van der Waals surface area contributed by atoms with Gasteiger partial charge >= 0.3 is 5.97 Å². The van der Waals surface area contributed by atoms with E-state index in [-0.39, 0.29) is 23.8 Å². The smallest absolute Gasteiger partial charge is 0.305 e. The van der Waals surface area contributed by atoms with Crippen LogP contribution < -0.4 is 0 Å². The predicted molar refractivity (Wildman–Crippen MR) is 85.8 cm³/mol. The van der Waals surface area contributed by atoms with Crippen molar-refractivity contribution in [2.24, 2.45) is 5.92 Å². The standard InChI is InChI=1S/C18H20N2O3/c1-23-17(22)10-11-8-15-18-13(6-7-20(15)16(21)9-11)12-4-2-3-5-14(12)19-18/h2-5,11,15,19H,6-10H2,1H3/t11-,15-/m1/s1. The third-order valence-electron chi connectivity index (χ3n) is 5.18. The topological polar surface area (TPSA) is 62.4 Å². The number of fused-ring (bicyclic) bond motifs is 5.